The SMILES string of the molecule is CC(C)NC(=O)NC[C@H](Cc1ccc(F)cc1)C(N)=O. The number of hydrogen-bond donors (Lipinski definition) is 3. The second kappa shape index (κ2) is 7.47. The molecule has 5 nitrogen and oxygen atoms in total. The lowest BCUT2D eigenvalue weighted by Gasteiger charge is -2.16. The predicted octanol–water partition coefficient (Wildman–Crippen LogP) is 1.18. The zero-order valence-corrected chi connectivity index (χ0v) is 11.7. The molecule has 0 heterocycles. The van der Waals surface area contributed by atoms with E-state index in [1.54, 1.807) is 12.1 Å². The van der Waals surface area contributed by atoms with Crippen molar-refractivity contribution in [2.24, 2.45) is 11.7 Å². The van der Waals surface area contributed by atoms with E-state index in [4.69, 9.17) is 5.73 Å². The first kappa shape index (κ1) is 15.9. The summed E-state index contributed by atoms with van der Waals surface area (Å²) in [5, 5.41) is 5.26. The Labute approximate surface area is 117 Å². The average Bonchev–Trinajstić information content (AvgIpc) is 2.35. The molecule has 0 bridgehead atoms. The minimum absolute atomic E-state index is 0.0131. The second-order valence-corrected chi connectivity index (χ2v) is 4.94. The van der Waals surface area contributed by atoms with Gasteiger partial charge in [-0.15, -0.1) is 0 Å². The van der Waals surface area contributed by atoms with Crippen LogP contribution in [0, 0.1) is 11.7 Å². The summed E-state index contributed by atoms with van der Waals surface area (Å²) >= 11 is 0. The Bertz CT molecular complexity index is 460. The highest BCUT2D eigenvalue weighted by Crippen LogP contribution is 2.09. The third kappa shape index (κ3) is 5.69. The number of amides is 3. The van der Waals surface area contributed by atoms with Crippen molar-refractivity contribution in [2.45, 2.75) is 26.3 Å². The van der Waals surface area contributed by atoms with E-state index in [0.717, 1.165) is 5.56 Å². The molecule has 110 valence electrons. The molecule has 0 aliphatic heterocycles. The highest BCUT2D eigenvalue weighted by atomic mass is 19.1. The third-order valence-corrected chi connectivity index (χ3v) is 2.73. The van der Waals surface area contributed by atoms with Crippen LogP contribution in [0.3, 0.4) is 0 Å². The van der Waals surface area contributed by atoms with E-state index in [1.807, 2.05) is 13.8 Å². The van der Waals surface area contributed by atoms with Gasteiger partial charge in [-0.2, -0.15) is 0 Å². The van der Waals surface area contributed by atoms with Crippen LogP contribution in [0.15, 0.2) is 24.3 Å². The summed E-state index contributed by atoms with van der Waals surface area (Å²) in [7, 11) is 0. The first-order chi connectivity index (χ1) is 9.38. The Morgan fingerprint density at radius 1 is 1.25 bits per heavy atom. The molecule has 3 amide bonds. The van der Waals surface area contributed by atoms with Crippen molar-refractivity contribution in [3.8, 4) is 0 Å². The number of halogens is 1. The van der Waals surface area contributed by atoms with Gasteiger partial charge in [0, 0.05) is 12.6 Å². The van der Waals surface area contributed by atoms with Crippen LogP contribution in [0.1, 0.15) is 19.4 Å². The Morgan fingerprint density at radius 2 is 1.85 bits per heavy atom. The fourth-order valence-corrected chi connectivity index (χ4v) is 1.71. The fraction of sp³-hybridized carbons (Fsp3) is 0.429. The van der Waals surface area contributed by atoms with E-state index in [9.17, 15) is 14.0 Å². The van der Waals surface area contributed by atoms with Crippen molar-refractivity contribution in [1.29, 1.82) is 0 Å². The molecule has 0 radical (unpaired) electrons. The summed E-state index contributed by atoms with van der Waals surface area (Å²) in [6.07, 6.45) is 0.359. The summed E-state index contributed by atoms with van der Waals surface area (Å²) in [5.74, 6) is -1.36. The van der Waals surface area contributed by atoms with Crippen LogP contribution < -0.4 is 16.4 Å². The maximum Gasteiger partial charge on any atom is 0.315 e. The molecule has 0 unspecified atom stereocenters. The quantitative estimate of drug-likeness (QED) is 0.731. The molecular formula is C14H20FN3O2. The average molecular weight is 281 g/mol. The number of carbonyl (C=O) groups excluding carboxylic acids is 2. The Balaban J connectivity index is 2.55. The molecule has 1 aromatic carbocycles. The predicted molar refractivity (Wildman–Crippen MR) is 74.5 cm³/mol. The molecule has 1 atom stereocenters. The van der Waals surface area contributed by atoms with Gasteiger partial charge < -0.3 is 16.4 Å². The van der Waals surface area contributed by atoms with Gasteiger partial charge in [0.2, 0.25) is 5.91 Å². The van der Waals surface area contributed by atoms with Crippen LogP contribution >= 0.6 is 0 Å². The van der Waals surface area contributed by atoms with Crippen LogP contribution in [0.4, 0.5) is 9.18 Å². The van der Waals surface area contributed by atoms with Crippen molar-refractivity contribution < 1.29 is 14.0 Å². The lowest BCUT2D eigenvalue weighted by atomic mass is 9.98. The number of nitrogens with two attached hydrogens (primary N) is 1. The fourth-order valence-electron chi connectivity index (χ4n) is 1.71. The Kier molecular flexibility index (Phi) is 5.96. The molecule has 0 spiro atoms. The number of rotatable bonds is 6. The van der Waals surface area contributed by atoms with Crippen LogP contribution in [0.25, 0.3) is 0 Å². The summed E-state index contributed by atoms with van der Waals surface area (Å²) < 4.78 is 12.8. The monoisotopic (exact) mass is 281 g/mol. The molecule has 0 aliphatic rings. The Morgan fingerprint density at radius 3 is 2.35 bits per heavy atom. The summed E-state index contributed by atoms with van der Waals surface area (Å²) in [6, 6.07) is 5.52. The maximum absolute atomic E-state index is 12.8. The minimum Gasteiger partial charge on any atom is -0.369 e. The standard InChI is InChI=1S/C14H20FN3O2/c1-9(2)18-14(20)17-8-11(13(16)19)7-10-3-5-12(15)6-4-10/h3-6,9,11H,7-8H2,1-2H3,(H2,16,19)(H2,17,18,20)/t11-/m0/s1. The van der Waals surface area contributed by atoms with E-state index in [1.165, 1.54) is 12.1 Å². The van der Waals surface area contributed by atoms with Gasteiger partial charge in [-0.25, -0.2) is 9.18 Å². The van der Waals surface area contributed by atoms with E-state index in [-0.39, 0.29) is 24.4 Å². The first-order valence-corrected chi connectivity index (χ1v) is 6.46. The highest BCUT2D eigenvalue weighted by Gasteiger charge is 2.17. The summed E-state index contributed by atoms with van der Waals surface area (Å²) in [5.41, 5.74) is 6.11. The van der Waals surface area contributed by atoms with Crippen LogP contribution in [0.5, 0.6) is 0 Å². The van der Waals surface area contributed by atoms with Gasteiger partial charge in [0.05, 0.1) is 5.92 Å². The molecule has 0 aromatic heterocycles. The topological polar surface area (TPSA) is 84.2 Å². The summed E-state index contributed by atoms with van der Waals surface area (Å²) in [6.45, 7) is 3.82. The van der Waals surface area contributed by atoms with E-state index < -0.39 is 11.8 Å². The molecular weight excluding hydrogens is 261 g/mol. The minimum atomic E-state index is -0.529. The molecule has 1 rings (SSSR count). The normalized spacial score (nSPS) is 12.0. The lowest BCUT2D eigenvalue weighted by molar-refractivity contribution is -0.121. The van der Waals surface area contributed by atoms with E-state index in [0.29, 0.717) is 6.42 Å². The number of urea groups is 1. The van der Waals surface area contributed by atoms with Gasteiger partial charge >= 0.3 is 6.03 Å². The lowest BCUT2D eigenvalue weighted by Crippen LogP contribution is -2.44. The zero-order valence-electron chi connectivity index (χ0n) is 11.7. The number of hydrogen-bond acceptors (Lipinski definition) is 2. The second-order valence-electron chi connectivity index (χ2n) is 4.94. The smallest absolute Gasteiger partial charge is 0.315 e. The van der Waals surface area contributed by atoms with Crippen molar-refractivity contribution in [3.63, 3.8) is 0 Å². The van der Waals surface area contributed by atoms with Gasteiger partial charge in [0.25, 0.3) is 0 Å². The third-order valence-electron chi connectivity index (χ3n) is 2.73. The van der Waals surface area contributed by atoms with Gasteiger partial charge in [-0.1, -0.05) is 12.1 Å². The molecule has 0 aliphatic carbocycles. The van der Waals surface area contributed by atoms with E-state index in [2.05, 4.69) is 10.6 Å². The zero-order chi connectivity index (χ0) is 15.1. The molecule has 4 N–H and O–H groups in total. The number of benzene rings is 1. The van der Waals surface area contributed by atoms with Crippen LogP contribution in [0.2, 0.25) is 0 Å². The molecule has 0 saturated carbocycles. The van der Waals surface area contributed by atoms with Gasteiger partial charge in [0.1, 0.15) is 5.82 Å². The van der Waals surface area contributed by atoms with E-state index >= 15 is 0 Å². The van der Waals surface area contributed by atoms with Crippen molar-refractivity contribution in [2.75, 3.05) is 6.54 Å². The van der Waals surface area contributed by atoms with Crippen LogP contribution in [-0.4, -0.2) is 24.5 Å². The maximum atomic E-state index is 12.8. The van der Waals surface area contributed by atoms with Crippen LogP contribution in [-0.2, 0) is 11.2 Å². The van der Waals surface area contributed by atoms with Crippen molar-refractivity contribution in [1.82, 2.24) is 10.6 Å². The highest BCUT2D eigenvalue weighted by molar-refractivity contribution is 5.79. The molecule has 0 saturated heterocycles. The van der Waals surface area contributed by atoms with Gasteiger partial charge in [-0.3, -0.25) is 4.79 Å². The Hall–Kier alpha value is -2.11. The molecule has 1 aromatic rings. The number of nitrogens with one attached hydrogen (secondary N) is 2. The van der Waals surface area contributed by atoms with Gasteiger partial charge in [-0.05, 0) is 38.0 Å². The van der Waals surface area contributed by atoms with Crippen molar-refractivity contribution in [3.05, 3.63) is 35.6 Å². The van der Waals surface area contributed by atoms with Crippen molar-refractivity contribution >= 4 is 11.9 Å². The van der Waals surface area contributed by atoms with Gasteiger partial charge in [0.15, 0.2) is 0 Å². The number of carbonyl (C=O) groups is 2. The molecule has 6 heteroatoms. The molecule has 0 fully saturated rings. The molecule has 20 heavy (non-hydrogen) atoms. The largest absolute Gasteiger partial charge is 0.369 e. The number of primary amides is 1. The summed E-state index contributed by atoms with van der Waals surface area (Å²) in [4.78, 5) is 22.8. The first-order valence-electron chi connectivity index (χ1n) is 6.46.